The third kappa shape index (κ3) is 6.70. The number of unbranched alkanes of at least 4 members (excludes halogenated alkanes) is 1. The van der Waals surface area contributed by atoms with Gasteiger partial charge in [-0.15, -0.1) is 10.2 Å². The molecule has 1 aliphatic heterocycles. The molecule has 2 aromatic heterocycles. The molecule has 40 heavy (non-hydrogen) atoms. The number of carbonyl (C=O) groups excluding carboxylic acids is 2. The van der Waals surface area contributed by atoms with Crippen LogP contribution in [0.1, 0.15) is 67.5 Å². The molecule has 1 aliphatic rings. The van der Waals surface area contributed by atoms with Crippen molar-refractivity contribution in [2.24, 2.45) is 0 Å². The van der Waals surface area contributed by atoms with E-state index < -0.39 is 17.7 Å². The summed E-state index contributed by atoms with van der Waals surface area (Å²) in [6, 6.07) is 9.04. The largest absolute Gasteiger partial charge is 0.415 e. The van der Waals surface area contributed by atoms with E-state index in [-0.39, 0.29) is 18.3 Å². The zero-order valence-electron chi connectivity index (χ0n) is 23.4. The molecule has 1 aromatic carbocycles. The lowest BCUT2D eigenvalue weighted by Crippen LogP contribution is -2.46. The van der Waals surface area contributed by atoms with Gasteiger partial charge in [0.05, 0.1) is 17.8 Å². The number of rotatable bonds is 11. The first-order chi connectivity index (χ1) is 19.1. The van der Waals surface area contributed by atoms with Gasteiger partial charge in [-0.2, -0.15) is 8.78 Å². The average molecular weight is 555 g/mol. The summed E-state index contributed by atoms with van der Waals surface area (Å²) in [5.74, 6) is -1.04. The second-order valence-corrected chi connectivity index (χ2v) is 10.7. The van der Waals surface area contributed by atoms with Crippen molar-refractivity contribution in [3.05, 3.63) is 59.2 Å². The van der Waals surface area contributed by atoms with Crippen LogP contribution in [0.5, 0.6) is 0 Å². The number of halogens is 2. The fraction of sp³-hybridized carbons (Fsp3) is 0.483. The molecule has 1 saturated heterocycles. The molecule has 3 heterocycles. The van der Waals surface area contributed by atoms with Gasteiger partial charge in [0.1, 0.15) is 6.29 Å². The third-order valence-corrected chi connectivity index (χ3v) is 7.23. The van der Waals surface area contributed by atoms with Crippen molar-refractivity contribution in [2.75, 3.05) is 44.7 Å². The highest BCUT2D eigenvalue weighted by Gasteiger charge is 2.29. The molecule has 0 aliphatic carbocycles. The Morgan fingerprint density at radius 1 is 1.15 bits per heavy atom. The maximum Gasteiger partial charge on any atom is 0.314 e. The fourth-order valence-corrected chi connectivity index (χ4v) is 4.73. The van der Waals surface area contributed by atoms with E-state index in [2.05, 4.69) is 31.9 Å². The molecule has 0 N–H and O–H groups in total. The zero-order valence-corrected chi connectivity index (χ0v) is 23.4. The average Bonchev–Trinajstić information content (AvgIpc) is 3.47. The first-order valence-electron chi connectivity index (χ1n) is 13.5. The lowest BCUT2D eigenvalue weighted by molar-refractivity contribution is -0.111. The molecule has 0 bridgehead atoms. The Bertz CT molecular complexity index is 1300. The number of alkyl halides is 2. The first kappa shape index (κ1) is 29.3. The lowest BCUT2D eigenvalue weighted by atomic mass is 9.82. The second kappa shape index (κ2) is 12.6. The maximum atomic E-state index is 13.6. The van der Waals surface area contributed by atoms with E-state index in [1.165, 1.54) is 23.9 Å². The van der Waals surface area contributed by atoms with Crippen LogP contribution >= 0.6 is 0 Å². The molecule has 0 spiro atoms. The number of hydrogen-bond donors (Lipinski definition) is 0. The first-order valence-corrected chi connectivity index (χ1v) is 13.5. The van der Waals surface area contributed by atoms with Gasteiger partial charge in [-0.25, -0.2) is 0 Å². The van der Waals surface area contributed by atoms with Crippen LogP contribution in [0.2, 0.25) is 0 Å². The molecule has 3 aromatic rings. The minimum absolute atomic E-state index is 0.0537. The van der Waals surface area contributed by atoms with Gasteiger partial charge in [-0.3, -0.25) is 14.7 Å². The second-order valence-electron chi connectivity index (χ2n) is 10.7. The molecule has 0 saturated carbocycles. The standard InChI is InChI=1S/C29H36F2N6O3/c1-5-6-11-36-12-14-37(15-13-36)22-9-10-23(24(16-22)29(2,3)19-38)28(39)35(4)18-21-8-7-20(17-32-21)26-33-34-27(40-26)25(30)31/h7-10,16-17,19,25H,5-6,11-15,18H2,1-4H3. The molecule has 0 atom stereocenters. The molecular formula is C29H36F2N6O3. The topological polar surface area (TPSA) is 95.7 Å². The Balaban J connectivity index is 1.48. The summed E-state index contributed by atoms with van der Waals surface area (Å²) in [5.41, 5.74) is 2.28. The van der Waals surface area contributed by atoms with Gasteiger partial charge in [0.25, 0.3) is 11.8 Å². The molecule has 0 radical (unpaired) electrons. The van der Waals surface area contributed by atoms with Gasteiger partial charge in [0, 0.05) is 56.1 Å². The molecule has 11 heteroatoms. The highest BCUT2D eigenvalue weighted by Crippen LogP contribution is 2.31. The van der Waals surface area contributed by atoms with Crippen LogP contribution in [-0.4, -0.2) is 76.9 Å². The molecule has 4 rings (SSSR count). The summed E-state index contributed by atoms with van der Waals surface area (Å²) in [6.07, 6.45) is 1.84. The van der Waals surface area contributed by atoms with Gasteiger partial charge in [-0.05, 0) is 62.7 Å². The van der Waals surface area contributed by atoms with E-state index in [1.54, 1.807) is 19.2 Å². The monoisotopic (exact) mass is 554 g/mol. The SMILES string of the molecule is CCCCN1CCN(c2ccc(C(=O)N(C)Cc3ccc(-c4nnc(C(F)F)o4)cn3)c(C(C)(C)C=O)c2)CC1. The number of piperazine rings is 1. The minimum atomic E-state index is -2.85. The number of nitrogens with zero attached hydrogens (tertiary/aromatic N) is 6. The van der Waals surface area contributed by atoms with E-state index in [0.717, 1.165) is 44.7 Å². The quantitative estimate of drug-likeness (QED) is 0.314. The summed E-state index contributed by atoms with van der Waals surface area (Å²) < 4.78 is 30.4. The van der Waals surface area contributed by atoms with E-state index in [9.17, 15) is 18.4 Å². The Morgan fingerprint density at radius 2 is 1.90 bits per heavy atom. The number of hydrogen-bond acceptors (Lipinski definition) is 8. The van der Waals surface area contributed by atoms with Gasteiger partial charge in [-0.1, -0.05) is 13.3 Å². The van der Waals surface area contributed by atoms with Gasteiger partial charge in [0.15, 0.2) is 0 Å². The smallest absolute Gasteiger partial charge is 0.314 e. The Labute approximate surface area is 233 Å². The van der Waals surface area contributed by atoms with E-state index in [0.29, 0.717) is 22.4 Å². The number of pyridine rings is 1. The number of benzene rings is 1. The lowest BCUT2D eigenvalue weighted by Gasteiger charge is -2.37. The predicted molar refractivity (Wildman–Crippen MR) is 147 cm³/mol. The zero-order chi connectivity index (χ0) is 28.9. The van der Waals surface area contributed by atoms with E-state index in [4.69, 9.17) is 4.42 Å². The van der Waals surface area contributed by atoms with Crippen molar-refractivity contribution in [1.29, 1.82) is 0 Å². The summed E-state index contributed by atoms with van der Waals surface area (Å²) in [5, 5.41) is 6.95. The maximum absolute atomic E-state index is 13.6. The van der Waals surface area contributed by atoms with Crippen LogP contribution in [0.4, 0.5) is 14.5 Å². The highest BCUT2D eigenvalue weighted by molar-refractivity contribution is 5.97. The minimum Gasteiger partial charge on any atom is -0.415 e. The number of amides is 1. The summed E-state index contributed by atoms with van der Waals surface area (Å²) >= 11 is 0. The van der Waals surface area contributed by atoms with E-state index >= 15 is 0 Å². The molecule has 0 unspecified atom stereocenters. The number of aromatic nitrogens is 3. The van der Waals surface area contributed by atoms with Crippen LogP contribution in [0, 0.1) is 0 Å². The van der Waals surface area contributed by atoms with Crippen molar-refractivity contribution in [3.8, 4) is 11.5 Å². The number of aldehydes is 1. The number of anilines is 1. The molecule has 1 amide bonds. The van der Waals surface area contributed by atoms with Crippen LogP contribution in [0.3, 0.4) is 0 Å². The fourth-order valence-electron chi connectivity index (χ4n) is 4.73. The molecular weight excluding hydrogens is 518 g/mol. The van der Waals surface area contributed by atoms with Crippen LogP contribution in [0.15, 0.2) is 40.9 Å². The van der Waals surface area contributed by atoms with Crippen LogP contribution < -0.4 is 4.90 Å². The Kier molecular flexibility index (Phi) is 9.24. The normalized spacial score (nSPS) is 14.5. The Hall–Kier alpha value is -3.73. The predicted octanol–water partition coefficient (Wildman–Crippen LogP) is 4.74. The van der Waals surface area contributed by atoms with Crippen molar-refractivity contribution in [3.63, 3.8) is 0 Å². The van der Waals surface area contributed by atoms with Crippen LogP contribution in [-0.2, 0) is 16.8 Å². The van der Waals surface area contributed by atoms with Gasteiger partial charge in [0.2, 0.25) is 5.89 Å². The van der Waals surface area contributed by atoms with Gasteiger partial charge >= 0.3 is 6.43 Å². The van der Waals surface area contributed by atoms with Gasteiger partial charge < -0.3 is 19.0 Å². The summed E-state index contributed by atoms with van der Waals surface area (Å²) in [7, 11) is 1.67. The van der Waals surface area contributed by atoms with Crippen LogP contribution in [0.25, 0.3) is 11.5 Å². The molecule has 9 nitrogen and oxygen atoms in total. The number of carbonyl (C=O) groups is 2. The molecule has 214 valence electrons. The van der Waals surface area contributed by atoms with Crippen molar-refractivity contribution in [2.45, 2.75) is 52.0 Å². The molecule has 1 fully saturated rings. The Morgan fingerprint density at radius 3 is 2.50 bits per heavy atom. The highest BCUT2D eigenvalue weighted by atomic mass is 19.3. The summed E-state index contributed by atoms with van der Waals surface area (Å²) in [4.78, 5) is 36.3. The summed E-state index contributed by atoms with van der Waals surface area (Å²) in [6.45, 7) is 10.9. The van der Waals surface area contributed by atoms with Crippen molar-refractivity contribution >= 4 is 17.9 Å². The van der Waals surface area contributed by atoms with Crippen molar-refractivity contribution in [1.82, 2.24) is 25.0 Å². The van der Waals surface area contributed by atoms with E-state index in [1.807, 2.05) is 32.0 Å². The third-order valence-electron chi connectivity index (χ3n) is 7.23. The van der Waals surface area contributed by atoms with Crippen molar-refractivity contribution < 1.29 is 22.8 Å².